The lowest BCUT2D eigenvalue weighted by molar-refractivity contribution is -0.131. The summed E-state index contributed by atoms with van der Waals surface area (Å²) < 4.78 is 3.01. The number of carbonyl (C=O) groups excluding carboxylic acids is 2. The minimum atomic E-state index is -0.574. The molecule has 2 N–H and O–H groups in total. The molecule has 2 fully saturated rings. The number of piperidine rings is 1. The number of likely N-dealkylation sites (tertiary alicyclic amines) is 2. The van der Waals surface area contributed by atoms with E-state index in [1.54, 1.807) is 24.3 Å². The zero-order valence-electron chi connectivity index (χ0n) is 22.9. The number of hydrogen-bond acceptors (Lipinski definition) is 6. The number of benzene rings is 1. The second-order valence-electron chi connectivity index (χ2n) is 10.9. The largest absolute Gasteiger partial charge is 0.349 e. The summed E-state index contributed by atoms with van der Waals surface area (Å²) in [5, 5.41) is 10.9. The van der Waals surface area contributed by atoms with Gasteiger partial charge in [0.05, 0.1) is 18.4 Å². The molecule has 2 saturated heterocycles. The summed E-state index contributed by atoms with van der Waals surface area (Å²) in [5.41, 5.74) is 0.806. The number of aryl methyl sites for hydroxylation is 1. The van der Waals surface area contributed by atoms with Crippen molar-refractivity contribution in [2.24, 2.45) is 5.92 Å². The van der Waals surface area contributed by atoms with Crippen LogP contribution in [0.25, 0.3) is 5.69 Å². The standard InChI is InChI=1S/C28H38N8O4/c37-25-8-4-2-5-15-34(25)19-23-20-35(32-30-23)16-6-1-3-7-21-13-17-33(18-14-21)26(38)22-9-11-24(12-10-22)36-28(40)29-27(39)31-36/h9-12,20-21H,1-8,13-19H2,(H2,29,31,39,40). The van der Waals surface area contributed by atoms with Gasteiger partial charge in [0.25, 0.3) is 5.91 Å². The molecule has 2 aliphatic heterocycles. The number of aromatic amines is 2. The number of carbonyl (C=O) groups is 2. The molecule has 5 rings (SSSR count). The molecule has 12 heteroatoms. The first-order chi connectivity index (χ1) is 19.5. The third-order valence-electron chi connectivity index (χ3n) is 8.02. The Hall–Kier alpha value is -3.96. The van der Waals surface area contributed by atoms with Crippen molar-refractivity contribution >= 4 is 11.8 Å². The maximum absolute atomic E-state index is 13.0. The maximum Gasteiger partial charge on any atom is 0.349 e. The first-order valence-corrected chi connectivity index (χ1v) is 14.4. The monoisotopic (exact) mass is 550 g/mol. The first-order valence-electron chi connectivity index (χ1n) is 14.4. The number of unbranched alkanes of at least 4 members (excludes halogenated alkanes) is 2. The highest BCUT2D eigenvalue weighted by molar-refractivity contribution is 5.94. The van der Waals surface area contributed by atoms with Crippen molar-refractivity contribution in [3.05, 3.63) is 62.7 Å². The van der Waals surface area contributed by atoms with Crippen molar-refractivity contribution in [2.45, 2.75) is 77.3 Å². The molecule has 0 aliphatic carbocycles. The molecule has 1 aromatic carbocycles. The number of amides is 2. The van der Waals surface area contributed by atoms with Crippen LogP contribution in [-0.2, 0) is 17.9 Å². The van der Waals surface area contributed by atoms with Crippen LogP contribution in [0.1, 0.15) is 80.3 Å². The van der Waals surface area contributed by atoms with Gasteiger partial charge in [0, 0.05) is 38.2 Å². The van der Waals surface area contributed by atoms with E-state index < -0.39 is 11.4 Å². The van der Waals surface area contributed by atoms with Crippen molar-refractivity contribution in [2.75, 3.05) is 19.6 Å². The Kier molecular flexibility index (Phi) is 8.92. The summed E-state index contributed by atoms with van der Waals surface area (Å²) >= 11 is 0. The summed E-state index contributed by atoms with van der Waals surface area (Å²) in [4.78, 5) is 54.2. The van der Waals surface area contributed by atoms with Crippen molar-refractivity contribution < 1.29 is 9.59 Å². The number of hydrogen-bond donors (Lipinski definition) is 2. The van der Waals surface area contributed by atoms with E-state index in [-0.39, 0.29) is 11.8 Å². The normalized spacial score (nSPS) is 16.9. The predicted molar refractivity (Wildman–Crippen MR) is 148 cm³/mol. The van der Waals surface area contributed by atoms with Gasteiger partial charge in [0.15, 0.2) is 0 Å². The topological polar surface area (TPSA) is 142 Å². The van der Waals surface area contributed by atoms with Crippen LogP contribution >= 0.6 is 0 Å². The Morgan fingerprint density at radius 2 is 1.75 bits per heavy atom. The first kappa shape index (κ1) is 27.6. The van der Waals surface area contributed by atoms with E-state index in [4.69, 9.17) is 0 Å². The quantitative estimate of drug-likeness (QED) is 0.372. The zero-order chi connectivity index (χ0) is 27.9. The zero-order valence-corrected chi connectivity index (χ0v) is 22.9. The fourth-order valence-electron chi connectivity index (χ4n) is 5.68. The Morgan fingerprint density at radius 1 is 0.950 bits per heavy atom. The van der Waals surface area contributed by atoms with E-state index in [0.717, 1.165) is 87.9 Å². The van der Waals surface area contributed by atoms with Gasteiger partial charge in [-0.25, -0.2) is 19.4 Å². The smallest absolute Gasteiger partial charge is 0.339 e. The minimum absolute atomic E-state index is 0.00711. The van der Waals surface area contributed by atoms with Gasteiger partial charge in [-0.05, 0) is 62.3 Å². The molecule has 0 unspecified atom stereocenters. The van der Waals surface area contributed by atoms with Gasteiger partial charge in [-0.2, -0.15) is 0 Å². The average Bonchev–Trinajstić information content (AvgIpc) is 3.49. The highest BCUT2D eigenvalue weighted by Crippen LogP contribution is 2.24. The summed E-state index contributed by atoms with van der Waals surface area (Å²) in [7, 11) is 0. The van der Waals surface area contributed by atoms with E-state index in [9.17, 15) is 19.2 Å². The molecular weight excluding hydrogens is 512 g/mol. The van der Waals surface area contributed by atoms with Crippen LogP contribution in [-0.4, -0.2) is 71.0 Å². The van der Waals surface area contributed by atoms with Crippen LogP contribution in [0.3, 0.4) is 0 Å². The molecule has 214 valence electrons. The van der Waals surface area contributed by atoms with E-state index in [2.05, 4.69) is 20.4 Å². The highest BCUT2D eigenvalue weighted by atomic mass is 16.2. The van der Waals surface area contributed by atoms with E-state index in [0.29, 0.717) is 30.1 Å². The predicted octanol–water partition coefficient (Wildman–Crippen LogP) is 2.46. The lowest BCUT2D eigenvalue weighted by atomic mass is 9.91. The summed E-state index contributed by atoms with van der Waals surface area (Å²) in [5.74, 6) is 0.850. The number of rotatable bonds is 10. The Balaban J connectivity index is 0.985. The summed E-state index contributed by atoms with van der Waals surface area (Å²) in [6.07, 6.45) is 12.3. The lowest BCUT2D eigenvalue weighted by Crippen LogP contribution is -2.38. The highest BCUT2D eigenvalue weighted by Gasteiger charge is 2.23. The number of nitrogens with one attached hydrogen (secondary N) is 2. The summed E-state index contributed by atoms with van der Waals surface area (Å²) in [6.45, 7) is 3.70. The van der Waals surface area contributed by atoms with Crippen molar-refractivity contribution in [1.82, 2.24) is 39.6 Å². The maximum atomic E-state index is 13.0. The molecule has 0 radical (unpaired) electrons. The Labute approximate surface area is 232 Å². The van der Waals surface area contributed by atoms with Gasteiger partial charge in [-0.15, -0.1) is 5.10 Å². The minimum Gasteiger partial charge on any atom is -0.339 e. The molecule has 0 atom stereocenters. The summed E-state index contributed by atoms with van der Waals surface area (Å²) in [6, 6.07) is 6.69. The molecule has 0 bridgehead atoms. The van der Waals surface area contributed by atoms with Crippen LogP contribution in [0.4, 0.5) is 0 Å². The van der Waals surface area contributed by atoms with Gasteiger partial charge in [0.2, 0.25) is 5.91 Å². The molecule has 4 heterocycles. The van der Waals surface area contributed by atoms with Crippen LogP contribution in [0, 0.1) is 5.92 Å². The molecule has 12 nitrogen and oxygen atoms in total. The van der Waals surface area contributed by atoms with Crippen LogP contribution in [0.2, 0.25) is 0 Å². The third kappa shape index (κ3) is 6.97. The molecule has 40 heavy (non-hydrogen) atoms. The van der Waals surface area contributed by atoms with Crippen LogP contribution in [0.15, 0.2) is 40.1 Å². The number of nitrogens with zero attached hydrogens (tertiary/aromatic N) is 6. The lowest BCUT2D eigenvalue weighted by Gasteiger charge is -2.32. The van der Waals surface area contributed by atoms with Crippen molar-refractivity contribution in [1.29, 1.82) is 0 Å². The van der Waals surface area contributed by atoms with E-state index >= 15 is 0 Å². The SMILES string of the molecule is O=C1CCCCCN1Cc1cn(CCCCCC2CCN(C(=O)c3ccc(-n4[nH]c(=O)[nH]c4=O)cc3)CC2)nn1. The fraction of sp³-hybridized carbons (Fsp3) is 0.571. The van der Waals surface area contributed by atoms with Crippen molar-refractivity contribution in [3.8, 4) is 5.69 Å². The molecule has 2 aliphatic rings. The van der Waals surface area contributed by atoms with Gasteiger partial charge in [-0.1, -0.05) is 30.9 Å². The van der Waals surface area contributed by atoms with Crippen molar-refractivity contribution in [3.63, 3.8) is 0 Å². The molecular formula is C28H38N8O4. The Bertz CT molecular complexity index is 1390. The van der Waals surface area contributed by atoms with Crippen LogP contribution in [0.5, 0.6) is 0 Å². The third-order valence-corrected chi connectivity index (χ3v) is 8.02. The molecule has 2 amide bonds. The van der Waals surface area contributed by atoms with Gasteiger partial charge < -0.3 is 9.80 Å². The number of H-pyrrole nitrogens is 2. The number of aromatic nitrogens is 6. The van der Waals surface area contributed by atoms with Gasteiger partial charge in [-0.3, -0.25) is 19.3 Å². The fourth-order valence-corrected chi connectivity index (χ4v) is 5.68. The van der Waals surface area contributed by atoms with Gasteiger partial charge >= 0.3 is 11.4 Å². The van der Waals surface area contributed by atoms with E-state index in [1.807, 2.05) is 20.7 Å². The second-order valence-corrected chi connectivity index (χ2v) is 10.9. The second kappa shape index (κ2) is 12.9. The average molecular weight is 551 g/mol. The molecule has 0 spiro atoms. The van der Waals surface area contributed by atoms with Crippen LogP contribution < -0.4 is 11.4 Å². The molecule has 0 saturated carbocycles. The molecule has 3 aromatic rings. The Morgan fingerprint density at radius 3 is 2.50 bits per heavy atom. The molecule has 2 aromatic heterocycles. The van der Waals surface area contributed by atoms with Gasteiger partial charge in [0.1, 0.15) is 5.69 Å². The van der Waals surface area contributed by atoms with E-state index in [1.165, 1.54) is 6.42 Å².